The number of carbonyl (C=O) groups excluding carboxylic acids is 1. The zero-order valence-electron chi connectivity index (χ0n) is 9.21. The van der Waals surface area contributed by atoms with Gasteiger partial charge in [0, 0.05) is 5.92 Å². The number of ketones is 1. The Labute approximate surface area is 81.3 Å². The van der Waals surface area contributed by atoms with E-state index < -0.39 is 6.10 Å². The van der Waals surface area contributed by atoms with Crippen LogP contribution in [0, 0.1) is 11.8 Å². The van der Waals surface area contributed by atoms with Gasteiger partial charge in [0.1, 0.15) is 5.78 Å². The molecule has 0 bridgehead atoms. The minimum Gasteiger partial charge on any atom is -0.392 e. The first kappa shape index (κ1) is 12.6. The zero-order valence-corrected chi connectivity index (χ0v) is 9.21. The fourth-order valence-electron chi connectivity index (χ4n) is 1.43. The van der Waals surface area contributed by atoms with Crippen molar-refractivity contribution in [2.45, 2.75) is 53.1 Å². The molecule has 0 aliphatic heterocycles. The summed E-state index contributed by atoms with van der Waals surface area (Å²) in [6, 6.07) is 0. The van der Waals surface area contributed by atoms with Crippen LogP contribution in [0.5, 0.6) is 0 Å². The SMILES string of the molecule is CCCCC(C)C(O)C(C)C(C)=O. The Balaban J connectivity index is 3.93. The Morgan fingerprint density at radius 2 is 1.92 bits per heavy atom. The number of aliphatic hydroxyl groups is 1. The Hall–Kier alpha value is -0.370. The molecular formula is C11H22O2. The van der Waals surface area contributed by atoms with Crippen molar-refractivity contribution >= 4 is 5.78 Å². The first-order chi connectivity index (χ1) is 6.00. The van der Waals surface area contributed by atoms with Gasteiger partial charge in [0.25, 0.3) is 0 Å². The van der Waals surface area contributed by atoms with Crippen LogP contribution in [0.4, 0.5) is 0 Å². The van der Waals surface area contributed by atoms with E-state index >= 15 is 0 Å². The van der Waals surface area contributed by atoms with Gasteiger partial charge in [-0.25, -0.2) is 0 Å². The van der Waals surface area contributed by atoms with E-state index in [2.05, 4.69) is 6.92 Å². The van der Waals surface area contributed by atoms with Gasteiger partial charge in [-0.3, -0.25) is 4.79 Å². The summed E-state index contributed by atoms with van der Waals surface area (Å²) in [6.07, 6.45) is 2.81. The van der Waals surface area contributed by atoms with E-state index in [9.17, 15) is 9.90 Å². The predicted octanol–water partition coefficient (Wildman–Crippen LogP) is 2.40. The van der Waals surface area contributed by atoms with Crippen molar-refractivity contribution in [2.75, 3.05) is 0 Å². The van der Waals surface area contributed by atoms with Crippen LogP contribution in [0.3, 0.4) is 0 Å². The number of hydrogen-bond donors (Lipinski definition) is 1. The highest BCUT2D eigenvalue weighted by Crippen LogP contribution is 2.19. The third-order valence-corrected chi connectivity index (χ3v) is 2.75. The predicted molar refractivity (Wildman–Crippen MR) is 54.5 cm³/mol. The van der Waals surface area contributed by atoms with Crippen LogP contribution in [0.1, 0.15) is 47.0 Å². The van der Waals surface area contributed by atoms with Crippen LogP contribution in [0.2, 0.25) is 0 Å². The molecule has 0 aromatic carbocycles. The van der Waals surface area contributed by atoms with Gasteiger partial charge in [-0.1, -0.05) is 33.6 Å². The van der Waals surface area contributed by atoms with E-state index in [0.717, 1.165) is 19.3 Å². The van der Waals surface area contributed by atoms with Gasteiger partial charge in [-0.2, -0.15) is 0 Å². The summed E-state index contributed by atoms with van der Waals surface area (Å²) in [7, 11) is 0. The second-order valence-electron chi connectivity index (χ2n) is 4.01. The monoisotopic (exact) mass is 186 g/mol. The summed E-state index contributed by atoms with van der Waals surface area (Å²) < 4.78 is 0. The second kappa shape index (κ2) is 6.14. The summed E-state index contributed by atoms with van der Waals surface area (Å²) >= 11 is 0. The van der Waals surface area contributed by atoms with Crippen molar-refractivity contribution in [3.05, 3.63) is 0 Å². The van der Waals surface area contributed by atoms with E-state index in [0.29, 0.717) is 0 Å². The van der Waals surface area contributed by atoms with Gasteiger partial charge < -0.3 is 5.11 Å². The Morgan fingerprint density at radius 3 is 2.31 bits per heavy atom. The Bertz CT molecular complexity index is 154. The highest BCUT2D eigenvalue weighted by molar-refractivity contribution is 5.78. The molecule has 3 atom stereocenters. The molecular weight excluding hydrogens is 164 g/mol. The number of Topliss-reactive ketones (excluding diaryl/α,β-unsaturated/α-hetero) is 1. The molecule has 0 aliphatic rings. The van der Waals surface area contributed by atoms with E-state index in [-0.39, 0.29) is 17.6 Å². The number of aliphatic hydroxyl groups excluding tert-OH is 1. The van der Waals surface area contributed by atoms with Crippen LogP contribution in [0.15, 0.2) is 0 Å². The van der Waals surface area contributed by atoms with Gasteiger partial charge in [-0.05, 0) is 19.3 Å². The second-order valence-corrected chi connectivity index (χ2v) is 4.01. The molecule has 13 heavy (non-hydrogen) atoms. The summed E-state index contributed by atoms with van der Waals surface area (Å²) in [6.45, 7) is 7.49. The van der Waals surface area contributed by atoms with Crippen LogP contribution in [0.25, 0.3) is 0 Å². The lowest BCUT2D eigenvalue weighted by Crippen LogP contribution is -2.30. The Kier molecular flexibility index (Phi) is 5.97. The smallest absolute Gasteiger partial charge is 0.135 e. The van der Waals surface area contributed by atoms with Crippen LogP contribution >= 0.6 is 0 Å². The first-order valence-corrected chi connectivity index (χ1v) is 5.19. The molecule has 0 aliphatic carbocycles. The molecule has 0 aromatic heterocycles. The number of hydrogen-bond acceptors (Lipinski definition) is 2. The topological polar surface area (TPSA) is 37.3 Å². The maximum Gasteiger partial charge on any atom is 0.135 e. The molecule has 0 amide bonds. The molecule has 0 heterocycles. The molecule has 0 saturated carbocycles. The van der Waals surface area contributed by atoms with Gasteiger partial charge in [0.05, 0.1) is 6.10 Å². The van der Waals surface area contributed by atoms with Crippen molar-refractivity contribution in [2.24, 2.45) is 11.8 Å². The number of rotatable bonds is 6. The quantitative estimate of drug-likeness (QED) is 0.691. The third-order valence-electron chi connectivity index (χ3n) is 2.75. The molecule has 0 radical (unpaired) electrons. The highest BCUT2D eigenvalue weighted by atomic mass is 16.3. The number of unbranched alkanes of at least 4 members (excludes halogenated alkanes) is 1. The van der Waals surface area contributed by atoms with Gasteiger partial charge in [-0.15, -0.1) is 0 Å². The standard InChI is InChI=1S/C11H22O2/c1-5-6-7-8(2)11(13)9(3)10(4)12/h8-9,11,13H,5-7H2,1-4H3. The minimum atomic E-state index is -0.468. The minimum absolute atomic E-state index is 0.0795. The lowest BCUT2D eigenvalue weighted by molar-refractivity contribution is -0.124. The average molecular weight is 186 g/mol. The molecule has 2 heteroatoms. The van der Waals surface area contributed by atoms with E-state index in [1.807, 2.05) is 6.92 Å². The van der Waals surface area contributed by atoms with E-state index in [1.54, 1.807) is 13.8 Å². The largest absolute Gasteiger partial charge is 0.392 e. The lowest BCUT2D eigenvalue weighted by Gasteiger charge is -2.22. The van der Waals surface area contributed by atoms with Crippen molar-refractivity contribution in [1.82, 2.24) is 0 Å². The lowest BCUT2D eigenvalue weighted by atomic mass is 9.88. The van der Waals surface area contributed by atoms with Crippen LogP contribution in [-0.2, 0) is 4.79 Å². The fourth-order valence-corrected chi connectivity index (χ4v) is 1.43. The molecule has 78 valence electrons. The van der Waals surface area contributed by atoms with Gasteiger partial charge >= 0.3 is 0 Å². The molecule has 0 aromatic rings. The number of carbonyl (C=O) groups is 1. The molecule has 0 spiro atoms. The normalized spacial score (nSPS) is 17.9. The third kappa shape index (κ3) is 4.41. The molecule has 3 unspecified atom stereocenters. The molecule has 0 saturated heterocycles. The Morgan fingerprint density at radius 1 is 1.38 bits per heavy atom. The van der Waals surface area contributed by atoms with Crippen molar-refractivity contribution in [1.29, 1.82) is 0 Å². The summed E-state index contributed by atoms with van der Waals surface area (Å²) in [4.78, 5) is 11.0. The van der Waals surface area contributed by atoms with Crippen molar-refractivity contribution in [3.63, 3.8) is 0 Å². The summed E-state index contributed by atoms with van der Waals surface area (Å²) in [5.41, 5.74) is 0. The maximum atomic E-state index is 11.0. The molecule has 2 nitrogen and oxygen atoms in total. The van der Waals surface area contributed by atoms with E-state index in [1.165, 1.54) is 0 Å². The molecule has 1 N–H and O–H groups in total. The fraction of sp³-hybridized carbons (Fsp3) is 0.909. The maximum absolute atomic E-state index is 11.0. The molecule has 0 fully saturated rings. The van der Waals surface area contributed by atoms with Crippen LogP contribution < -0.4 is 0 Å². The van der Waals surface area contributed by atoms with Gasteiger partial charge in [0.2, 0.25) is 0 Å². The van der Waals surface area contributed by atoms with Crippen molar-refractivity contribution < 1.29 is 9.90 Å². The summed E-state index contributed by atoms with van der Waals surface area (Å²) in [5, 5.41) is 9.76. The summed E-state index contributed by atoms with van der Waals surface area (Å²) in [5.74, 6) is 0.0987. The zero-order chi connectivity index (χ0) is 10.4. The average Bonchev–Trinajstić information content (AvgIpc) is 2.11. The first-order valence-electron chi connectivity index (χ1n) is 5.19. The van der Waals surface area contributed by atoms with Crippen LogP contribution in [-0.4, -0.2) is 17.0 Å². The van der Waals surface area contributed by atoms with E-state index in [4.69, 9.17) is 0 Å². The molecule has 0 rings (SSSR count). The van der Waals surface area contributed by atoms with Crippen molar-refractivity contribution in [3.8, 4) is 0 Å². The van der Waals surface area contributed by atoms with Gasteiger partial charge in [0.15, 0.2) is 0 Å². The highest BCUT2D eigenvalue weighted by Gasteiger charge is 2.23.